The number of aryl methyl sites for hydroxylation is 1. The largest absolute Gasteiger partial charge is 0.482 e. The van der Waals surface area contributed by atoms with E-state index in [9.17, 15) is 14.4 Å². The number of ether oxygens (including phenoxy) is 2. The Balaban J connectivity index is 2.43. The minimum atomic E-state index is -0.652. The van der Waals surface area contributed by atoms with E-state index in [0.29, 0.717) is 5.75 Å². The molecule has 7 nitrogen and oxygen atoms in total. The van der Waals surface area contributed by atoms with Crippen molar-refractivity contribution in [3.05, 3.63) is 29.3 Å². The van der Waals surface area contributed by atoms with Crippen molar-refractivity contribution in [3.8, 4) is 5.75 Å². The number of nitrogens with one attached hydrogen (secondary N) is 2. The van der Waals surface area contributed by atoms with Crippen LogP contribution in [0.3, 0.4) is 0 Å². The van der Waals surface area contributed by atoms with E-state index in [1.54, 1.807) is 0 Å². The lowest BCUT2D eigenvalue weighted by Crippen LogP contribution is -2.37. The van der Waals surface area contributed by atoms with Gasteiger partial charge in [0.05, 0.1) is 6.54 Å². The summed E-state index contributed by atoms with van der Waals surface area (Å²) >= 11 is 0. The van der Waals surface area contributed by atoms with E-state index in [0.717, 1.165) is 11.1 Å². The topological polar surface area (TPSA) is 93.7 Å². The Bertz CT molecular complexity index is 599. The zero-order chi connectivity index (χ0) is 18.1. The zero-order valence-electron chi connectivity index (χ0n) is 14.5. The molecule has 2 N–H and O–H groups in total. The first-order chi connectivity index (χ1) is 11.3. The van der Waals surface area contributed by atoms with Crippen LogP contribution in [0, 0.1) is 6.92 Å². The molecule has 0 radical (unpaired) electrons. The maximum atomic E-state index is 11.7. The van der Waals surface area contributed by atoms with Gasteiger partial charge in [0.2, 0.25) is 5.91 Å². The van der Waals surface area contributed by atoms with E-state index in [-0.39, 0.29) is 25.0 Å². The number of carbonyl (C=O) groups is 3. The van der Waals surface area contributed by atoms with Crippen LogP contribution in [0.25, 0.3) is 0 Å². The van der Waals surface area contributed by atoms with Gasteiger partial charge in [0, 0.05) is 7.05 Å². The van der Waals surface area contributed by atoms with E-state index in [4.69, 9.17) is 9.47 Å². The molecule has 0 spiro atoms. The lowest BCUT2D eigenvalue weighted by atomic mass is 10.0. The molecule has 1 aromatic rings. The number of likely N-dealkylation sites (N-methyl/N-ethyl adjacent to an activating group) is 1. The van der Waals surface area contributed by atoms with E-state index >= 15 is 0 Å². The summed E-state index contributed by atoms with van der Waals surface area (Å²) in [5.41, 5.74) is 2.02. The first-order valence-electron chi connectivity index (χ1n) is 7.69. The Morgan fingerprint density at radius 1 is 1.12 bits per heavy atom. The van der Waals surface area contributed by atoms with Crippen molar-refractivity contribution in [1.82, 2.24) is 10.6 Å². The molecule has 132 valence electrons. The van der Waals surface area contributed by atoms with Gasteiger partial charge in [-0.05, 0) is 30.0 Å². The van der Waals surface area contributed by atoms with Crippen molar-refractivity contribution in [1.29, 1.82) is 0 Å². The van der Waals surface area contributed by atoms with Crippen LogP contribution >= 0.6 is 0 Å². The summed E-state index contributed by atoms with van der Waals surface area (Å²) in [5, 5.41) is 4.69. The molecule has 0 atom stereocenters. The van der Waals surface area contributed by atoms with Crippen molar-refractivity contribution in [2.24, 2.45) is 0 Å². The number of hydrogen-bond acceptors (Lipinski definition) is 5. The average Bonchev–Trinajstić information content (AvgIpc) is 2.55. The summed E-state index contributed by atoms with van der Waals surface area (Å²) in [6.45, 7) is 5.10. The number of rotatable bonds is 8. The summed E-state index contributed by atoms with van der Waals surface area (Å²) < 4.78 is 10.3. The molecular weight excluding hydrogens is 312 g/mol. The SMILES string of the molecule is CNC(=O)CNC(=O)COC(=O)COc1cc(C)ccc1C(C)C. The van der Waals surface area contributed by atoms with Crippen LogP contribution in [0.15, 0.2) is 18.2 Å². The zero-order valence-corrected chi connectivity index (χ0v) is 14.5. The van der Waals surface area contributed by atoms with E-state index < -0.39 is 18.5 Å². The van der Waals surface area contributed by atoms with Crippen LogP contribution in [0.5, 0.6) is 5.75 Å². The van der Waals surface area contributed by atoms with Gasteiger partial charge in [0.1, 0.15) is 5.75 Å². The normalized spacial score (nSPS) is 10.2. The molecule has 24 heavy (non-hydrogen) atoms. The van der Waals surface area contributed by atoms with Crippen molar-refractivity contribution in [3.63, 3.8) is 0 Å². The molecule has 0 saturated carbocycles. The van der Waals surface area contributed by atoms with E-state index in [2.05, 4.69) is 10.6 Å². The number of carbonyl (C=O) groups excluding carboxylic acids is 3. The van der Waals surface area contributed by atoms with Crippen LogP contribution in [-0.4, -0.2) is 44.6 Å². The summed E-state index contributed by atoms with van der Waals surface area (Å²) in [5.74, 6) is -0.650. The third-order valence-corrected chi connectivity index (χ3v) is 3.23. The van der Waals surface area contributed by atoms with Crippen molar-refractivity contribution in [2.75, 3.05) is 26.8 Å². The van der Waals surface area contributed by atoms with Gasteiger partial charge in [-0.3, -0.25) is 9.59 Å². The Hall–Kier alpha value is -2.57. The Morgan fingerprint density at radius 2 is 1.83 bits per heavy atom. The standard InChI is InChI=1S/C17H24N2O5/c1-11(2)13-6-5-12(3)7-14(13)23-10-17(22)24-9-16(21)19-8-15(20)18-4/h5-7,11H,8-10H2,1-4H3,(H,18,20)(H,19,21). The molecule has 0 saturated heterocycles. The molecule has 0 bridgehead atoms. The van der Waals surface area contributed by atoms with Crippen molar-refractivity contribution < 1.29 is 23.9 Å². The second-order valence-corrected chi connectivity index (χ2v) is 5.60. The monoisotopic (exact) mass is 336 g/mol. The predicted molar refractivity (Wildman–Crippen MR) is 88.8 cm³/mol. The first kappa shape index (κ1) is 19.5. The highest BCUT2D eigenvalue weighted by Gasteiger charge is 2.12. The Kier molecular flexibility index (Phi) is 7.74. The molecule has 0 aromatic heterocycles. The van der Waals surface area contributed by atoms with Gasteiger partial charge < -0.3 is 20.1 Å². The molecule has 0 aliphatic carbocycles. The summed E-state index contributed by atoms with van der Waals surface area (Å²) in [4.78, 5) is 34.1. The lowest BCUT2D eigenvalue weighted by Gasteiger charge is -2.14. The van der Waals surface area contributed by atoms with Crippen LogP contribution in [0.2, 0.25) is 0 Å². The van der Waals surface area contributed by atoms with Crippen molar-refractivity contribution in [2.45, 2.75) is 26.7 Å². The molecule has 0 aliphatic heterocycles. The second-order valence-electron chi connectivity index (χ2n) is 5.60. The fourth-order valence-corrected chi connectivity index (χ4v) is 1.89. The summed E-state index contributed by atoms with van der Waals surface area (Å²) in [7, 11) is 1.46. The molecule has 2 amide bonds. The molecule has 0 aliphatic rings. The maximum absolute atomic E-state index is 11.7. The first-order valence-corrected chi connectivity index (χ1v) is 7.69. The smallest absolute Gasteiger partial charge is 0.344 e. The third-order valence-electron chi connectivity index (χ3n) is 3.23. The van der Waals surface area contributed by atoms with Crippen LogP contribution in [0.4, 0.5) is 0 Å². The van der Waals surface area contributed by atoms with E-state index in [1.165, 1.54) is 7.05 Å². The molecule has 0 fully saturated rings. The molecule has 7 heteroatoms. The van der Waals surface area contributed by atoms with Gasteiger partial charge >= 0.3 is 5.97 Å². The maximum Gasteiger partial charge on any atom is 0.344 e. The quantitative estimate of drug-likeness (QED) is 0.688. The van der Waals surface area contributed by atoms with Crippen LogP contribution < -0.4 is 15.4 Å². The van der Waals surface area contributed by atoms with Gasteiger partial charge in [-0.25, -0.2) is 4.79 Å². The minimum Gasteiger partial charge on any atom is -0.482 e. The highest BCUT2D eigenvalue weighted by atomic mass is 16.6. The molecule has 1 rings (SSSR count). The van der Waals surface area contributed by atoms with Gasteiger partial charge in [0.25, 0.3) is 5.91 Å². The van der Waals surface area contributed by atoms with Gasteiger partial charge in [-0.2, -0.15) is 0 Å². The summed E-state index contributed by atoms with van der Waals surface area (Å²) in [6.07, 6.45) is 0. The number of amides is 2. The molecule has 0 unspecified atom stereocenters. The Labute approximate surface area is 141 Å². The Morgan fingerprint density at radius 3 is 2.46 bits per heavy atom. The lowest BCUT2D eigenvalue weighted by molar-refractivity contribution is -0.150. The molecular formula is C17H24N2O5. The van der Waals surface area contributed by atoms with Crippen LogP contribution in [-0.2, 0) is 19.1 Å². The summed E-state index contributed by atoms with van der Waals surface area (Å²) in [6, 6.07) is 5.81. The fraction of sp³-hybridized carbons (Fsp3) is 0.471. The van der Waals surface area contributed by atoms with Crippen LogP contribution in [0.1, 0.15) is 30.9 Å². The highest BCUT2D eigenvalue weighted by Crippen LogP contribution is 2.27. The second kappa shape index (κ2) is 9.54. The number of hydrogen-bond donors (Lipinski definition) is 2. The minimum absolute atomic E-state index is 0.162. The number of benzene rings is 1. The van der Waals surface area contributed by atoms with Gasteiger partial charge in [-0.1, -0.05) is 26.0 Å². The molecule has 0 heterocycles. The fourth-order valence-electron chi connectivity index (χ4n) is 1.89. The van der Waals surface area contributed by atoms with Gasteiger partial charge in [-0.15, -0.1) is 0 Å². The third kappa shape index (κ3) is 6.68. The van der Waals surface area contributed by atoms with E-state index in [1.807, 2.05) is 39.0 Å². The number of esters is 1. The van der Waals surface area contributed by atoms with Gasteiger partial charge in [0.15, 0.2) is 13.2 Å². The molecule has 1 aromatic carbocycles. The average molecular weight is 336 g/mol. The highest BCUT2D eigenvalue weighted by molar-refractivity contribution is 5.86. The van der Waals surface area contributed by atoms with Crippen molar-refractivity contribution >= 4 is 17.8 Å². The predicted octanol–water partition coefficient (Wildman–Crippen LogP) is 0.903.